The Labute approximate surface area is 156 Å². The van der Waals surface area contributed by atoms with Gasteiger partial charge in [-0.15, -0.1) is 0 Å². The van der Waals surface area contributed by atoms with Crippen LogP contribution in [0.3, 0.4) is 0 Å². The first kappa shape index (κ1) is 17.8. The summed E-state index contributed by atoms with van der Waals surface area (Å²) < 4.78 is 12.0. The molecule has 0 fully saturated rings. The number of aromatic nitrogens is 1. The highest BCUT2D eigenvalue weighted by Gasteiger charge is 2.17. The summed E-state index contributed by atoms with van der Waals surface area (Å²) in [4.78, 5) is 3.57. The number of aryl methyl sites for hydroxylation is 1. The summed E-state index contributed by atoms with van der Waals surface area (Å²) in [5.74, 6) is 1.58. The van der Waals surface area contributed by atoms with E-state index in [0.717, 1.165) is 52.0 Å². The van der Waals surface area contributed by atoms with Crippen LogP contribution in [0.4, 0.5) is 0 Å². The molecular weight excluding hydrogens is 380 g/mol. The molecule has 0 amide bonds. The van der Waals surface area contributed by atoms with Gasteiger partial charge in [-0.05, 0) is 61.7 Å². The highest BCUT2D eigenvalue weighted by molar-refractivity contribution is 9.10. The Morgan fingerprint density at radius 2 is 1.88 bits per heavy atom. The van der Waals surface area contributed by atoms with E-state index in [4.69, 9.17) is 15.2 Å². The Morgan fingerprint density at radius 3 is 2.60 bits per heavy atom. The van der Waals surface area contributed by atoms with Crippen molar-refractivity contribution in [2.24, 2.45) is 5.73 Å². The molecule has 2 aromatic carbocycles. The van der Waals surface area contributed by atoms with Crippen LogP contribution in [0.1, 0.15) is 18.4 Å². The van der Waals surface area contributed by atoms with Gasteiger partial charge in [0.2, 0.25) is 0 Å². The van der Waals surface area contributed by atoms with Crippen LogP contribution in [0.5, 0.6) is 11.5 Å². The van der Waals surface area contributed by atoms with Gasteiger partial charge >= 0.3 is 0 Å². The fourth-order valence-corrected chi connectivity index (χ4v) is 3.52. The predicted octanol–water partition coefficient (Wildman–Crippen LogP) is 4.90. The number of nitrogens with one attached hydrogen (secondary N) is 1. The summed E-state index contributed by atoms with van der Waals surface area (Å²) >= 11 is 3.59. The van der Waals surface area contributed by atoms with Crippen molar-refractivity contribution >= 4 is 26.8 Å². The number of aromatic amines is 1. The lowest BCUT2D eigenvalue weighted by molar-refractivity contribution is 0.395. The Hall–Kier alpha value is -1.98. The van der Waals surface area contributed by atoms with Crippen molar-refractivity contribution in [2.45, 2.75) is 19.3 Å². The molecule has 0 radical (unpaired) electrons. The maximum Gasteiger partial charge on any atom is 0.131 e. The van der Waals surface area contributed by atoms with Crippen LogP contribution in [-0.2, 0) is 6.42 Å². The Bertz CT molecular complexity index is 874. The van der Waals surface area contributed by atoms with Gasteiger partial charge in [0.15, 0.2) is 0 Å². The Balaban J connectivity index is 2.16. The van der Waals surface area contributed by atoms with Crippen molar-refractivity contribution in [3.05, 3.63) is 46.4 Å². The standard InChI is InChI=1S/C20H23BrN2O2/c1-24-14-7-8-16(19(12-14)25-2)20-15(5-3-4-10-22)17-11-13(21)6-9-18(17)23-20/h6-9,11-12,23H,3-5,10,22H2,1-2H3. The van der Waals surface area contributed by atoms with Gasteiger partial charge in [0, 0.05) is 27.0 Å². The quantitative estimate of drug-likeness (QED) is 0.552. The highest BCUT2D eigenvalue weighted by atomic mass is 79.9. The molecular formula is C20H23BrN2O2. The van der Waals surface area contributed by atoms with E-state index in [-0.39, 0.29) is 0 Å². The minimum atomic E-state index is 0.716. The van der Waals surface area contributed by atoms with E-state index in [9.17, 15) is 0 Å². The van der Waals surface area contributed by atoms with Crippen LogP contribution < -0.4 is 15.2 Å². The summed E-state index contributed by atoms with van der Waals surface area (Å²) in [5.41, 5.74) is 10.2. The lowest BCUT2D eigenvalue weighted by atomic mass is 9.99. The number of halogens is 1. The third kappa shape index (κ3) is 3.67. The lowest BCUT2D eigenvalue weighted by Crippen LogP contribution is -1.99. The fourth-order valence-electron chi connectivity index (χ4n) is 3.16. The molecule has 0 unspecified atom stereocenters. The molecule has 0 saturated carbocycles. The van der Waals surface area contributed by atoms with Crippen LogP contribution in [0.25, 0.3) is 22.2 Å². The second-order valence-electron chi connectivity index (χ2n) is 5.98. The average Bonchev–Trinajstić information content (AvgIpc) is 2.99. The number of unbranched alkanes of at least 4 members (excludes halogenated alkanes) is 1. The number of hydrogen-bond acceptors (Lipinski definition) is 3. The maximum atomic E-state index is 5.68. The molecule has 0 atom stereocenters. The van der Waals surface area contributed by atoms with Crippen molar-refractivity contribution in [1.29, 1.82) is 0 Å². The van der Waals surface area contributed by atoms with Crippen LogP contribution in [-0.4, -0.2) is 25.7 Å². The predicted molar refractivity (Wildman–Crippen MR) is 107 cm³/mol. The normalized spacial score (nSPS) is 11.0. The number of fused-ring (bicyclic) bond motifs is 1. The fraction of sp³-hybridized carbons (Fsp3) is 0.300. The number of methoxy groups -OCH3 is 2. The zero-order chi connectivity index (χ0) is 17.8. The molecule has 3 rings (SSSR count). The van der Waals surface area contributed by atoms with Gasteiger partial charge in [-0.1, -0.05) is 15.9 Å². The van der Waals surface area contributed by atoms with Gasteiger partial charge in [0.1, 0.15) is 11.5 Å². The monoisotopic (exact) mass is 402 g/mol. The maximum absolute atomic E-state index is 5.68. The number of rotatable bonds is 7. The number of nitrogens with two attached hydrogens (primary N) is 1. The van der Waals surface area contributed by atoms with Crippen molar-refractivity contribution in [1.82, 2.24) is 4.98 Å². The zero-order valence-corrected chi connectivity index (χ0v) is 16.2. The highest BCUT2D eigenvalue weighted by Crippen LogP contribution is 2.39. The molecule has 1 aromatic heterocycles. The van der Waals surface area contributed by atoms with E-state index >= 15 is 0 Å². The number of ether oxygens (including phenoxy) is 2. The van der Waals surface area contributed by atoms with Crippen molar-refractivity contribution in [3.8, 4) is 22.8 Å². The topological polar surface area (TPSA) is 60.3 Å². The average molecular weight is 403 g/mol. The van der Waals surface area contributed by atoms with Crippen LogP contribution in [0, 0.1) is 0 Å². The van der Waals surface area contributed by atoms with E-state index in [1.54, 1.807) is 14.2 Å². The van der Waals surface area contributed by atoms with Gasteiger partial charge in [-0.2, -0.15) is 0 Å². The number of benzene rings is 2. The van der Waals surface area contributed by atoms with Gasteiger partial charge in [-0.25, -0.2) is 0 Å². The molecule has 0 spiro atoms. The summed E-state index contributed by atoms with van der Waals surface area (Å²) in [6, 6.07) is 12.2. The van der Waals surface area contributed by atoms with Gasteiger partial charge < -0.3 is 20.2 Å². The second kappa shape index (κ2) is 7.93. The van der Waals surface area contributed by atoms with Crippen LogP contribution in [0.2, 0.25) is 0 Å². The first-order valence-corrected chi connectivity index (χ1v) is 9.19. The van der Waals surface area contributed by atoms with Gasteiger partial charge in [0.25, 0.3) is 0 Å². The number of H-pyrrole nitrogens is 1. The summed E-state index contributed by atoms with van der Waals surface area (Å²) in [6.07, 6.45) is 3.04. The second-order valence-corrected chi connectivity index (χ2v) is 6.90. The molecule has 1 heterocycles. The molecule has 0 aliphatic carbocycles. The van der Waals surface area contributed by atoms with Crippen molar-refractivity contribution in [2.75, 3.05) is 20.8 Å². The van der Waals surface area contributed by atoms with Crippen molar-refractivity contribution < 1.29 is 9.47 Å². The van der Waals surface area contributed by atoms with E-state index in [1.165, 1.54) is 10.9 Å². The van der Waals surface area contributed by atoms with Gasteiger partial charge in [0.05, 0.1) is 19.9 Å². The van der Waals surface area contributed by atoms with E-state index in [2.05, 4.69) is 39.1 Å². The minimum Gasteiger partial charge on any atom is -0.497 e. The molecule has 25 heavy (non-hydrogen) atoms. The molecule has 0 saturated heterocycles. The molecule has 3 aromatic rings. The van der Waals surface area contributed by atoms with Crippen LogP contribution >= 0.6 is 15.9 Å². The lowest BCUT2D eigenvalue weighted by Gasteiger charge is -2.11. The smallest absolute Gasteiger partial charge is 0.131 e. The van der Waals surface area contributed by atoms with E-state index in [1.807, 2.05) is 18.2 Å². The molecule has 0 aliphatic heterocycles. The molecule has 132 valence electrons. The minimum absolute atomic E-state index is 0.716. The Morgan fingerprint density at radius 1 is 1.04 bits per heavy atom. The molecule has 0 aliphatic rings. The summed E-state index contributed by atoms with van der Waals surface area (Å²) in [6.45, 7) is 0.716. The SMILES string of the molecule is COc1ccc(-c2[nH]c3ccc(Br)cc3c2CCCCN)c(OC)c1. The van der Waals surface area contributed by atoms with E-state index < -0.39 is 0 Å². The first-order valence-electron chi connectivity index (χ1n) is 8.40. The third-order valence-corrected chi connectivity index (χ3v) is 4.92. The molecule has 3 N–H and O–H groups in total. The summed E-state index contributed by atoms with van der Waals surface area (Å²) in [7, 11) is 3.35. The van der Waals surface area contributed by atoms with Gasteiger partial charge in [-0.3, -0.25) is 0 Å². The molecule has 0 bridgehead atoms. The number of hydrogen-bond donors (Lipinski definition) is 2. The largest absolute Gasteiger partial charge is 0.497 e. The third-order valence-electron chi connectivity index (χ3n) is 4.43. The first-order chi connectivity index (χ1) is 12.2. The zero-order valence-electron chi connectivity index (χ0n) is 14.6. The van der Waals surface area contributed by atoms with Crippen molar-refractivity contribution in [3.63, 3.8) is 0 Å². The molecule has 4 nitrogen and oxygen atoms in total. The van der Waals surface area contributed by atoms with E-state index in [0.29, 0.717) is 6.54 Å². The van der Waals surface area contributed by atoms with Crippen LogP contribution in [0.15, 0.2) is 40.9 Å². The molecule has 5 heteroatoms. The Kier molecular flexibility index (Phi) is 5.66. The summed E-state index contributed by atoms with van der Waals surface area (Å²) in [5, 5.41) is 1.24.